The van der Waals surface area contributed by atoms with Gasteiger partial charge in [0.2, 0.25) is 0 Å². The van der Waals surface area contributed by atoms with Crippen LogP contribution in [-0.2, 0) is 18.9 Å². The summed E-state index contributed by atoms with van der Waals surface area (Å²) in [6, 6.07) is 1.45. The third-order valence-corrected chi connectivity index (χ3v) is 3.43. The second-order valence-corrected chi connectivity index (χ2v) is 4.74. The monoisotopic (exact) mass is 310 g/mol. The van der Waals surface area contributed by atoms with Gasteiger partial charge < -0.3 is 18.9 Å². The zero-order chi connectivity index (χ0) is 16.1. The summed E-state index contributed by atoms with van der Waals surface area (Å²) in [5, 5.41) is 7.50. The van der Waals surface area contributed by atoms with Gasteiger partial charge in [-0.25, -0.2) is 9.59 Å². The molecule has 0 aliphatic carbocycles. The molecule has 0 aromatic carbocycles. The molecule has 1 aliphatic heterocycles. The van der Waals surface area contributed by atoms with E-state index in [9.17, 15) is 9.59 Å². The van der Waals surface area contributed by atoms with Gasteiger partial charge in [-0.1, -0.05) is 0 Å². The molecule has 0 N–H and O–H groups in total. The lowest BCUT2D eigenvalue weighted by Crippen LogP contribution is -2.26. The van der Waals surface area contributed by atoms with Gasteiger partial charge >= 0.3 is 11.9 Å². The van der Waals surface area contributed by atoms with Gasteiger partial charge in [0, 0.05) is 12.7 Å². The molecule has 2 unspecified atom stereocenters. The summed E-state index contributed by atoms with van der Waals surface area (Å²) < 4.78 is 20.3. The van der Waals surface area contributed by atoms with E-state index in [-0.39, 0.29) is 17.7 Å². The Labute approximate surface area is 127 Å². The first kappa shape index (κ1) is 16.3. The Balaban J connectivity index is 2.40. The van der Waals surface area contributed by atoms with Gasteiger partial charge in [-0.2, -0.15) is 0 Å². The number of methoxy groups -OCH3 is 3. The number of hydrogen-bond acceptors (Lipinski definition) is 8. The van der Waals surface area contributed by atoms with Crippen molar-refractivity contribution in [1.29, 1.82) is 0 Å². The molecule has 1 aliphatic rings. The summed E-state index contributed by atoms with van der Waals surface area (Å²) in [5.41, 5.74) is 0.481. The van der Waals surface area contributed by atoms with Crippen LogP contribution in [0.2, 0.25) is 0 Å². The first-order valence-electron chi connectivity index (χ1n) is 6.83. The maximum absolute atomic E-state index is 11.9. The minimum Gasteiger partial charge on any atom is -0.464 e. The predicted molar refractivity (Wildman–Crippen MR) is 73.2 cm³/mol. The number of hydrogen-bond donors (Lipinski definition) is 0. The maximum Gasteiger partial charge on any atom is 0.358 e. The molecule has 0 saturated carbocycles. The zero-order valence-corrected chi connectivity index (χ0v) is 12.7. The van der Waals surface area contributed by atoms with Crippen molar-refractivity contribution in [3.63, 3.8) is 0 Å². The molecule has 8 heteroatoms. The van der Waals surface area contributed by atoms with Crippen molar-refractivity contribution in [3.05, 3.63) is 23.0 Å². The van der Waals surface area contributed by atoms with Crippen molar-refractivity contribution in [2.75, 3.05) is 21.3 Å². The van der Waals surface area contributed by atoms with Crippen molar-refractivity contribution in [2.45, 2.75) is 31.7 Å². The molecule has 0 amide bonds. The molecule has 1 aromatic heterocycles. The number of carbonyl (C=O) groups is 2. The smallest absolute Gasteiger partial charge is 0.358 e. The molecular weight excluding hydrogens is 292 g/mol. The molecule has 2 rings (SSSR count). The van der Waals surface area contributed by atoms with Crippen LogP contribution >= 0.6 is 0 Å². The van der Waals surface area contributed by atoms with Crippen molar-refractivity contribution in [1.82, 2.24) is 10.2 Å². The third-order valence-electron chi connectivity index (χ3n) is 3.43. The minimum atomic E-state index is -0.637. The van der Waals surface area contributed by atoms with Gasteiger partial charge in [-0.15, -0.1) is 10.2 Å². The van der Waals surface area contributed by atoms with Crippen molar-refractivity contribution < 1.29 is 28.5 Å². The highest BCUT2D eigenvalue weighted by molar-refractivity contribution is 5.91. The van der Waals surface area contributed by atoms with Gasteiger partial charge in [0.15, 0.2) is 17.7 Å². The van der Waals surface area contributed by atoms with E-state index in [1.807, 2.05) is 0 Å². The minimum absolute atomic E-state index is 0.00768. The molecule has 2 heterocycles. The van der Waals surface area contributed by atoms with Crippen LogP contribution in [0.4, 0.5) is 0 Å². The Morgan fingerprint density at radius 3 is 2.50 bits per heavy atom. The highest BCUT2D eigenvalue weighted by atomic mass is 16.7. The van der Waals surface area contributed by atoms with Crippen LogP contribution in [0.1, 0.15) is 51.9 Å². The lowest BCUT2D eigenvalue weighted by Gasteiger charge is -2.29. The van der Waals surface area contributed by atoms with Crippen LogP contribution in [0.25, 0.3) is 0 Å². The van der Waals surface area contributed by atoms with E-state index >= 15 is 0 Å². The topological polar surface area (TPSA) is 96.8 Å². The molecule has 120 valence electrons. The fraction of sp³-hybridized carbons (Fsp3) is 0.571. The molecule has 0 radical (unpaired) electrons. The molecule has 2 atom stereocenters. The molecule has 0 bridgehead atoms. The fourth-order valence-electron chi connectivity index (χ4n) is 2.30. The van der Waals surface area contributed by atoms with Gasteiger partial charge in [-0.3, -0.25) is 0 Å². The summed E-state index contributed by atoms with van der Waals surface area (Å²) in [6.45, 7) is 0. The Hall–Kier alpha value is -2.06. The van der Waals surface area contributed by atoms with E-state index in [1.165, 1.54) is 20.3 Å². The van der Waals surface area contributed by atoms with E-state index in [4.69, 9.17) is 14.2 Å². The Bertz CT molecular complexity index is 562. The molecule has 0 spiro atoms. The van der Waals surface area contributed by atoms with E-state index in [1.54, 1.807) is 7.11 Å². The SMILES string of the molecule is COC(=O)c1cc(C2CCCC(OC)O2)c(C(=O)OC)nn1. The Morgan fingerprint density at radius 1 is 1.14 bits per heavy atom. The van der Waals surface area contributed by atoms with Gasteiger partial charge in [0.1, 0.15) is 0 Å². The normalized spacial score (nSPS) is 21.2. The average Bonchev–Trinajstić information content (AvgIpc) is 2.59. The van der Waals surface area contributed by atoms with Gasteiger partial charge in [0.25, 0.3) is 0 Å². The number of rotatable bonds is 4. The van der Waals surface area contributed by atoms with Crippen LogP contribution in [0.3, 0.4) is 0 Å². The van der Waals surface area contributed by atoms with E-state index in [0.29, 0.717) is 12.0 Å². The standard InChI is InChI=1S/C14H18N2O6/c1-19-11-6-4-5-10(22-11)8-7-9(13(17)20-2)15-16-12(8)14(18)21-3/h7,10-11H,4-6H2,1-3H3. The van der Waals surface area contributed by atoms with Crippen LogP contribution in [-0.4, -0.2) is 49.8 Å². The lowest BCUT2D eigenvalue weighted by molar-refractivity contribution is -0.182. The summed E-state index contributed by atoms with van der Waals surface area (Å²) in [4.78, 5) is 23.5. The number of nitrogens with zero attached hydrogens (tertiary/aromatic N) is 2. The lowest BCUT2D eigenvalue weighted by atomic mass is 9.99. The highest BCUT2D eigenvalue weighted by Crippen LogP contribution is 2.33. The third kappa shape index (κ3) is 3.40. The maximum atomic E-state index is 11.9. The number of esters is 2. The largest absolute Gasteiger partial charge is 0.464 e. The van der Waals surface area contributed by atoms with Gasteiger partial charge in [-0.05, 0) is 25.3 Å². The summed E-state index contributed by atoms with van der Waals surface area (Å²) in [7, 11) is 4.05. The molecule has 1 aromatic rings. The number of aromatic nitrogens is 2. The molecular formula is C14H18N2O6. The summed E-state index contributed by atoms with van der Waals surface area (Å²) in [5.74, 6) is -1.27. The second kappa shape index (κ2) is 7.28. The van der Waals surface area contributed by atoms with Crippen LogP contribution < -0.4 is 0 Å². The quantitative estimate of drug-likeness (QED) is 0.767. The van der Waals surface area contributed by atoms with Crippen LogP contribution in [0.5, 0.6) is 0 Å². The zero-order valence-electron chi connectivity index (χ0n) is 12.7. The first-order valence-corrected chi connectivity index (χ1v) is 6.83. The van der Waals surface area contributed by atoms with E-state index < -0.39 is 18.0 Å². The molecule has 22 heavy (non-hydrogen) atoms. The average molecular weight is 310 g/mol. The number of carbonyl (C=O) groups excluding carboxylic acids is 2. The second-order valence-electron chi connectivity index (χ2n) is 4.74. The van der Waals surface area contributed by atoms with Crippen LogP contribution in [0, 0.1) is 0 Å². The summed E-state index contributed by atoms with van der Waals surface area (Å²) in [6.07, 6.45) is 1.52. The van der Waals surface area contributed by atoms with Crippen molar-refractivity contribution in [3.8, 4) is 0 Å². The Morgan fingerprint density at radius 2 is 1.86 bits per heavy atom. The Kier molecular flexibility index (Phi) is 5.40. The number of ether oxygens (including phenoxy) is 4. The molecule has 8 nitrogen and oxygen atoms in total. The molecule has 1 saturated heterocycles. The first-order chi connectivity index (χ1) is 10.6. The highest BCUT2D eigenvalue weighted by Gasteiger charge is 2.30. The predicted octanol–water partition coefficient (Wildman–Crippen LogP) is 1.26. The molecule has 1 fully saturated rings. The van der Waals surface area contributed by atoms with Gasteiger partial charge in [0.05, 0.1) is 20.3 Å². The van der Waals surface area contributed by atoms with Crippen molar-refractivity contribution in [2.24, 2.45) is 0 Å². The summed E-state index contributed by atoms with van der Waals surface area (Å²) >= 11 is 0. The van der Waals surface area contributed by atoms with E-state index in [2.05, 4.69) is 14.9 Å². The van der Waals surface area contributed by atoms with Crippen molar-refractivity contribution >= 4 is 11.9 Å². The van der Waals surface area contributed by atoms with E-state index in [0.717, 1.165) is 12.8 Å². The van der Waals surface area contributed by atoms with Crippen LogP contribution in [0.15, 0.2) is 6.07 Å². The fourth-order valence-corrected chi connectivity index (χ4v) is 2.30.